The summed E-state index contributed by atoms with van der Waals surface area (Å²) in [6.07, 6.45) is 1.02. The molecule has 0 fully saturated rings. The van der Waals surface area contributed by atoms with Crippen LogP contribution in [0.4, 0.5) is 17.1 Å². The van der Waals surface area contributed by atoms with Crippen LogP contribution in [0.15, 0.2) is 126 Å². The molecule has 1 aliphatic rings. The topological polar surface area (TPSA) is 141 Å². The fraction of sp³-hybridized carbons (Fsp3) is 0.122. The number of aryl methyl sites for hydroxylation is 1. The molecule has 10 nitrogen and oxygen atoms in total. The van der Waals surface area contributed by atoms with Gasteiger partial charge in [0.25, 0.3) is 12.0 Å². The number of carbonyl (C=O) groups excluding carboxylic acids is 3. The molecule has 52 heavy (non-hydrogen) atoms. The Bertz CT molecular complexity index is 2430. The zero-order valence-electron chi connectivity index (χ0n) is 28.3. The Morgan fingerprint density at radius 1 is 0.750 bits per heavy atom. The first-order chi connectivity index (χ1) is 24.6. The van der Waals surface area contributed by atoms with E-state index in [2.05, 4.69) is 14.8 Å². The van der Waals surface area contributed by atoms with Crippen LogP contribution in [-0.4, -0.2) is 37.3 Å². The number of sulfonamides is 1. The van der Waals surface area contributed by atoms with Crippen LogP contribution in [-0.2, 0) is 21.9 Å². The molecular weight excluding hydrogens is 679 g/mol. The summed E-state index contributed by atoms with van der Waals surface area (Å²) < 4.78 is 30.1. The number of ketones is 2. The first-order valence-corrected chi connectivity index (χ1v) is 17.9. The number of fused-ring (bicyclic) bond motifs is 2. The summed E-state index contributed by atoms with van der Waals surface area (Å²) in [7, 11) is -1.72. The van der Waals surface area contributed by atoms with Crippen LogP contribution >= 0.6 is 0 Å². The van der Waals surface area contributed by atoms with Crippen molar-refractivity contribution in [2.24, 2.45) is 7.05 Å². The monoisotopic (exact) mass is 719 g/mol. The Morgan fingerprint density at radius 2 is 1.33 bits per heavy atom. The second-order valence-corrected chi connectivity index (χ2v) is 12.9. The average molecular weight is 720 g/mol. The lowest BCUT2D eigenvalue weighted by atomic mass is 9.80. The van der Waals surface area contributed by atoms with Gasteiger partial charge in [0, 0.05) is 36.2 Å². The summed E-state index contributed by atoms with van der Waals surface area (Å²) >= 11 is 0. The van der Waals surface area contributed by atoms with Crippen molar-refractivity contribution < 1.29 is 29.0 Å². The van der Waals surface area contributed by atoms with Gasteiger partial charge in [-0.25, -0.2) is 8.42 Å². The zero-order valence-corrected chi connectivity index (χ0v) is 29.2. The molecule has 0 amide bonds. The highest BCUT2D eigenvalue weighted by atomic mass is 32.2. The van der Waals surface area contributed by atoms with Crippen LogP contribution < -0.4 is 20.3 Å². The number of aromatic nitrogens is 1. The van der Waals surface area contributed by atoms with Crippen molar-refractivity contribution >= 4 is 56.0 Å². The SMILES string of the molecule is C.CC.CS(=O)(=O)Nc1ccccc1OC=O.Cn1c(=O)c(C(=O)c2ccccc2)c2c3c(c(Nc4ccccc4)ccc31)C(=O)c1ccccc1-2.[HH]. The van der Waals surface area contributed by atoms with E-state index >= 15 is 0 Å². The van der Waals surface area contributed by atoms with Gasteiger partial charge in [0.05, 0.1) is 34.3 Å². The quantitative estimate of drug-likeness (QED) is 0.118. The highest BCUT2D eigenvalue weighted by Crippen LogP contribution is 2.44. The Hall–Kier alpha value is -6.33. The van der Waals surface area contributed by atoms with E-state index in [0.29, 0.717) is 44.4 Å². The molecule has 0 spiro atoms. The minimum Gasteiger partial charge on any atom is -0.427 e. The van der Waals surface area contributed by atoms with Crippen LogP contribution in [0.2, 0.25) is 0 Å². The van der Waals surface area contributed by atoms with Crippen molar-refractivity contribution in [2.45, 2.75) is 21.3 Å². The molecule has 0 bridgehead atoms. The maximum atomic E-state index is 13.8. The predicted octanol–water partition coefficient (Wildman–Crippen LogP) is 8.23. The minimum atomic E-state index is -3.36. The molecule has 7 rings (SSSR count). The van der Waals surface area contributed by atoms with Crippen molar-refractivity contribution in [3.05, 3.63) is 154 Å². The van der Waals surface area contributed by atoms with Gasteiger partial charge in [-0.1, -0.05) is 106 Å². The lowest BCUT2D eigenvalue weighted by Crippen LogP contribution is -2.29. The summed E-state index contributed by atoms with van der Waals surface area (Å²) in [6.45, 7) is 4.24. The molecule has 0 saturated heterocycles. The molecule has 6 aromatic rings. The van der Waals surface area contributed by atoms with Crippen LogP contribution in [0.1, 0.15) is 54.5 Å². The van der Waals surface area contributed by atoms with Gasteiger partial charge in [0.15, 0.2) is 17.3 Å². The molecule has 1 aliphatic carbocycles. The predicted molar refractivity (Wildman–Crippen MR) is 209 cm³/mol. The number of benzene rings is 5. The van der Waals surface area contributed by atoms with Crippen molar-refractivity contribution in [3.63, 3.8) is 0 Å². The molecule has 5 aromatic carbocycles. The summed E-state index contributed by atoms with van der Waals surface area (Å²) in [6, 6.07) is 35.4. The second kappa shape index (κ2) is 16.6. The first kappa shape index (κ1) is 38.5. The van der Waals surface area contributed by atoms with E-state index in [-0.39, 0.29) is 49.5 Å². The number of hydrogen-bond acceptors (Lipinski definition) is 8. The molecule has 0 aliphatic heterocycles. The maximum Gasteiger partial charge on any atom is 0.298 e. The number of rotatable bonds is 8. The number of hydrogen-bond donors (Lipinski definition) is 2. The lowest BCUT2D eigenvalue weighted by molar-refractivity contribution is -0.120. The average Bonchev–Trinajstić information content (AvgIpc) is 3.14. The summed E-state index contributed by atoms with van der Waals surface area (Å²) in [4.78, 5) is 51.3. The fourth-order valence-electron chi connectivity index (χ4n) is 5.80. The second-order valence-electron chi connectivity index (χ2n) is 11.1. The van der Waals surface area contributed by atoms with E-state index in [1.807, 2.05) is 74.5 Å². The van der Waals surface area contributed by atoms with Crippen LogP contribution in [0, 0.1) is 0 Å². The number of anilines is 3. The van der Waals surface area contributed by atoms with Gasteiger partial charge in [0.1, 0.15) is 0 Å². The fourth-order valence-corrected chi connectivity index (χ4v) is 6.37. The van der Waals surface area contributed by atoms with E-state index in [1.54, 1.807) is 55.6 Å². The van der Waals surface area contributed by atoms with Gasteiger partial charge in [-0.3, -0.25) is 23.9 Å². The summed E-state index contributed by atoms with van der Waals surface area (Å²) in [5.41, 5.74) is 4.45. The first-order valence-electron chi connectivity index (χ1n) is 16.0. The smallest absolute Gasteiger partial charge is 0.298 e. The van der Waals surface area contributed by atoms with Gasteiger partial charge in [0.2, 0.25) is 10.0 Å². The van der Waals surface area contributed by atoms with E-state index in [0.717, 1.165) is 11.9 Å². The molecule has 11 heteroatoms. The molecule has 1 heterocycles. The third kappa shape index (κ3) is 7.85. The van der Waals surface area contributed by atoms with Crippen molar-refractivity contribution in [3.8, 4) is 16.9 Å². The molecule has 1 aromatic heterocycles. The Kier molecular flexibility index (Phi) is 12.3. The van der Waals surface area contributed by atoms with Gasteiger partial charge in [-0.2, -0.15) is 0 Å². The van der Waals surface area contributed by atoms with Gasteiger partial charge in [-0.05, 0) is 42.0 Å². The number of para-hydroxylation sites is 3. The molecule has 0 radical (unpaired) electrons. The number of ether oxygens (including phenoxy) is 1. The van der Waals surface area contributed by atoms with E-state index < -0.39 is 10.0 Å². The highest BCUT2D eigenvalue weighted by Gasteiger charge is 2.33. The Balaban J connectivity index is 0.000000358. The van der Waals surface area contributed by atoms with Gasteiger partial charge in [-0.15, -0.1) is 0 Å². The van der Waals surface area contributed by atoms with E-state index in [4.69, 9.17) is 0 Å². The van der Waals surface area contributed by atoms with Gasteiger partial charge >= 0.3 is 0 Å². The van der Waals surface area contributed by atoms with E-state index in [1.165, 1.54) is 16.7 Å². The Morgan fingerprint density at radius 3 is 1.96 bits per heavy atom. The maximum absolute atomic E-state index is 13.8. The third-order valence-corrected chi connectivity index (χ3v) is 8.50. The Labute approximate surface area is 304 Å². The molecule has 0 unspecified atom stereocenters. The van der Waals surface area contributed by atoms with Crippen LogP contribution in [0.25, 0.3) is 22.0 Å². The summed E-state index contributed by atoms with van der Waals surface area (Å²) in [5.74, 6) is -0.332. The molecular formula is C41H41N3O7S. The molecule has 2 N–H and O–H groups in total. The highest BCUT2D eigenvalue weighted by molar-refractivity contribution is 7.92. The van der Waals surface area contributed by atoms with E-state index in [9.17, 15) is 27.6 Å². The van der Waals surface area contributed by atoms with Crippen molar-refractivity contribution in [1.29, 1.82) is 0 Å². The molecule has 268 valence electrons. The summed E-state index contributed by atoms with van der Waals surface area (Å²) in [5, 5.41) is 3.97. The van der Waals surface area contributed by atoms with Crippen LogP contribution in [0.3, 0.4) is 0 Å². The van der Waals surface area contributed by atoms with Gasteiger partial charge < -0.3 is 14.6 Å². The van der Waals surface area contributed by atoms with Crippen molar-refractivity contribution in [1.82, 2.24) is 4.57 Å². The zero-order chi connectivity index (χ0) is 36.7. The normalized spacial score (nSPS) is 11.0. The number of nitrogens with one attached hydrogen (secondary N) is 2. The third-order valence-electron chi connectivity index (χ3n) is 7.90. The van der Waals surface area contributed by atoms with Crippen molar-refractivity contribution in [2.75, 3.05) is 16.3 Å². The lowest BCUT2D eigenvalue weighted by Gasteiger charge is -2.25. The molecule has 0 saturated carbocycles. The minimum absolute atomic E-state index is 0. The number of carbonyl (C=O) groups is 3. The largest absolute Gasteiger partial charge is 0.427 e. The number of pyridine rings is 1. The number of nitrogens with zero attached hydrogens (tertiary/aromatic N) is 1. The van der Waals surface area contributed by atoms with Crippen LogP contribution in [0.5, 0.6) is 5.75 Å². The standard InChI is InChI=1S/C30H20N2O3.C8H9NO4S.C2H6.CH4.H2/c1-32-23-17-16-22(31-19-12-6-3-7-13-19)25-26(23)24(20-14-8-9-15-21(20)29(25)34)27(30(32)35)28(33)18-10-4-2-5-11-18;1-14(11,12)9-7-4-2-3-5-8(7)13-6-10;1-2;;/h2-17,31H,1H3;2-6,9H,1H3;1-2H3;1H4;1H. The molecule has 0 atom stereocenters.